The van der Waals surface area contributed by atoms with Gasteiger partial charge in [0.1, 0.15) is 11.6 Å². The molecule has 1 aliphatic rings. The Morgan fingerprint density at radius 3 is 2.64 bits per heavy atom. The molecule has 1 aromatic rings. The van der Waals surface area contributed by atoms with Crippen LogP contribution in [0, 0.1) is 5.82 Å². The molecule has 0 aliphatic carbocycles. The molecule has 1 aliphatic heterocycles. The van der Waals surface area contributed by atoms with Crippen molar-refractivity contribution in [3.8, 4) is 5.75 Å². The van der Waals surface area contributed by atoms with Crippen molar-refractivity contribution in [1.29, 1.82) is 0 Å². The monoisotopic (exact) mass is 314 g/mol. The van der Waals surface area contributed by atoms with Crippen LogP contribution in [0.5, 0.6) is 5.75 Å². The fraction of sp³-hybridized carbons (Fsp3) is 0.529. The van der Waals surface area contributed by atoms with Gasteiger partial charge in [-0.2, -0.15) is 0 Å². The first-order chi connectivity index (χ1) is 10.6. The Morgan fingerprint density at radius 2 is 2.09 bits per heavy atom. The largest absolute Gasteiger partial charge is 0.498 e. The van der Waals surface area contributed by atoms with Crippen LogP contribution in [0.15, 0.2) is 24.0 Å². The van der Waals surface area contributed by atoms with Crippen molar-refractivity contribution in [3.63, 3.8) is 0 Å². The van der Waals surface area contributed by atoms with Crippen molar-refractivity contribution < 1.29 is 22.6 Å². The van der Waals surface area contributed by atoms with Gasteiger partial charge in [0.05, 0.1) is 24.5 Å². The van der Waals surface area contributed by atoms with E-state index >= 15 is 0 Å². The molecule has 0 saturated carbocycles. The normalized spacial score (nSPS) is 18.1. The smallest absolute Gasteiger partial charge is 0.270 e. The second-order valence-electron chi connectivity index (χ2n) is 5.28. The standard InChI is InChI=1S/C17H21F3O2/c1-3-5-12-7-6-11(10-22-12)13-8-9-14(21-4-2)15(16(13)18)17(19)20/h7-9,11,17H,3-6,10H2,1-2H3. The van der Waals surface area contributed by atoms with Gasteiger partial charge in [0, 0.05) is 12.3 Å². The predicted molar refractivity (Wildman–Crippen MR) is 78.8 cm³/mol. The topological polar surface area (TPSA) is 18.5 Å². The third-order valence-electron chi connectivity index (χ3n) is 3.72. The highest BCUT2D eigenvalue weighted by Gasteiger charge is 2.27. The van der Waals surface area contributed by atoms with Gasteiger partial charge in [-0.05, 0) is 37.5 Å². The number of allylic oxidation sites excluding steroid dienone is 2. The Balaban J connectivity index is 2.27. The minimum absolute atomic E-state index is 0.0855. The second-order valence-corrected chi connectivity index (χ2v) is 5.28. The summed E-state index contributed by atoms with van der Waals surface area (Å²) in [4.78, 5) is 0. The summed E-state index contributed by atoms with van der Waals surface area (Å²) in [6.07, 6.45) is 1.44. The number of hydrogen-bond acceptors (Lipinski definition) is 2. The van der Waals surface area contributed by atoms with Crippen LogP contribution in [0.3, 0.4) is 0 Å². The van der Waals surface area contributed by atoms with Crippen molar-refractivity contribution >= 4 is 0 Å². The van der Waals surface area contributed by atoms with E-state index in [1.807, 2.05) is 6.08 Å². The van der Waals surface area contributed by atoms with Crippen LogP contribution in [-0.2, 0) is 4.74 Å². The molecule has 1 aromatic carbocycles. The lowest BCUT2D eigenvalue weighted by Gasteiger charge is -2.25. The molecule has 0 aromatic heterocycles. The molecule has 0 bridgehead atoms. The minimum atomic E-state index is -2.91. The molecular weight excluding hydrogens is 293 g/mol. The molecule has 2 nitrogen and oxygen atoms in total. The maximum Gasteiger partial charge on any atom is 0.270 e. The van der Waals surface area contributed by atoms with E-state index in [9.17, 15) is 13.2 Å². The van der Waals surface area contributed by atoms with Gasteiger partial charge >= 0.3 is 0 Å². The zero-order valence-corrected chi connectivity index (χ0v) is 12.9. The van der Waals surface area contributed by atoms with E-state index in [0.717, 1.165) is 18.6 Å². The maximum absolute atomic E-state index is 14.5. The van der Waals surface area contributed by atoms with Gasteiger partial charge < -0.3 is 9.47 Å². The summed E-state index contributed by atoms with van der Waals surface area (Å²) in [5, 5.41) is 0. The summed E-state index contributed by atoms with van der Waals surface area (Å²) in [5.41, 5.74) is -0.381. The van der Waals surface area contributed by atoms with Crippen molar-refractivity contribution in [2.24, 2.45) is 0 Å². The lowest BCUT2D eigenvalue weighted by molar-refractivity contribution is 0.138. The van der Waals surface area contributed by atoms with E-state index in [-0.39, 0.29) is 23.8 Å². The fourth-order valence-corrected chi connectivity index (χ4v) is 2.64. The predicted octanol–water partition coefficient (Wildman–Crippen LogP) is 5.35. The summed E-state index contributed by atoms with van der Waals surface area (Å²) in [6.45, 7) is 4.26. The summed E-state index contributed by atoms with van der Waals surface area (Å²) < 4.78 is 51.5. The summed E-state index contributed by atoms with van der Waals surface area (Å²) in [5.74, 6) is -0.299. The van der Waals surface area contributed by atoms with E-state index in [2.05, 4.69) is 6.92 Å². The Morgan fingerprint density at radius 1 is 1.32 bits per heavy atom. The Hall–Kier alpha value is -1.65. The molecule has 1 unspecified atom stereocenters. The van der Waals surface area contributed by atoms with Gasteiger partial charge in [0.15, 0.2) is 0 Å². The van der Waals surface area contributed by atoms with E-state index in [1.165, 1.54) is 12.1 Å². The first-order valence-electron chi connectivity index (χ1n) is 7.63. The molecular formula is C17H21F3O2. The number of rotatable bonds is 6. The molecule has 0 amide bonds. The molecule has 5 heteroatoms. The third-order valence-corrected chi connectivity index (χ3v) is 3.72. The molecule has 2 rings (SSSR count). The van der Waals surface area contributed by atoms with Crippen LogP contribution in [0.25, 0.3) is 0 Å². The van der Waals surface area contributed by atoms with E-state index < -0.39 is 17.8 Å². The SMILES string of the molecule is CCCC1=CCC(c2ccc(OCC)c(C(F)F)c2F)CO1. The number of alkyl halides is 2. The number of ether oxygens (including phenoxy) is 2. The number of benzene rings is 1. The van der Waals surface area contributed by atoms with Crippen LogP contribution >= 0.6 is 0 Å². The van der Waals surface area contributed by atoms with Crippen LogP contribution < -0.4 is 4.74 Å². The average Bonchev–Trinajstić information content (AvgIpc) is 2.49. The molecule has 1 heterocycles. The minimum Gasteiger partial charge on any atom is -0.498 e. The number of halogens is 3. The first-order valence-corrected chi connectivity index (χ1v) is 7.63. The van der Waals surface area contributed by atoms with Crippen molar-refractivity contribution in [2.75, 3.05) is 13.2 Å². The Labute approximate surface area is 128 Å². The second kappa shape index (κ2) is 7.56. The van der Waals surface area contributed by atoms with Crippen molar-refractivity contribution in [1.82, 2.24) is 0 Å². The molecule has 0 spiro atoms. The quantitative estimate of drug-likeness (QED) is 0.704. The van der Waals surface area contributed by atoms with Crippen LogP contribution in [-0.4, -0.2) is 13.2 Å². The first kappa shape index (κ1) is 16.7. The highest BCUT2D eigenvalue weighted by Crippen LogP contribution is 2.38. The zero-order chi connectivity index (χ0) is 16.1. The molecule has 0 N–H and O–H groups in total. The lowest BCUT2D eigenvalue weighted by Crippen LogP contribution is -2.15. The average molecular weight is 314 g/mol. The van der Waals surface area contributed by atoms with Crippen LogP contribution in [0.1, 0.15) is 56.6 Å². The third kappa shape index (κ3) is 3.57. The summed E-state index contributed by atoms with van der Waals surface area (Å²) in [6, 6.07) is 2.95. The highest BCUT2D eigenvalue weighted by molar-refractivity contribution is 5.41. The van der Waals surface area contributed by atoms with Gasteiger partial charge in [-0.1, -0.05) is 13.0 Å². The lowest BCUT2D eigenvalue weighted by atomic mass is 9.92. The highest BCUT2D eigenvalue weighted by atomic mass is 19.3. The Bertz CT molecular complexity index is 541. The number of hydrogen-bond donors (Lipinski definition) is 0. The molecule has 0 fully saturated rings. The fourth-order valence-electron chi connectivity index (χ4n) is 2.64. The zero-order valence-electron chi connectivity index (χ0n) is 12.9. The van der Waals surface area contributed by atoms with Gasteiger partial charge in [-0.3, -0.25) is 0 Å². The van der Waals surface area contributed by atoms with Gasteiger partial charge in [-0.25, -0.2) is 13.2 Å². The molecule has 1 atom stereocenters. The summed E-state index contributed by atoms with van der Waals surface area (Å²) >= 11 is 0. The van der Waals surface area contributed by atoms with E-state index in [4.69, 9.17) is 9.47 Å². The van der Waals surface area contributed by atoms with Crippen molar-refractivity contribution in [2.45, 2.75) is 45.5 Å². The van der Waals surface area contributed by atoms with Gasteiger partial charge in [0.25, 0.3) is 6.43 Å². The maximum atomic E-state index is 14.5. The molecule has 22 heavy (non-hydrogen) atoms. The molecule has 0 saturated heterocycles. The molecule has 0 radical (unpaired) electrons. The van der Waals surface area contributed by atoms with Gasteiger partial charge in [-0.15, -0.1) is 0 Å². The van der Waals surface area contributed by atoms with Crippen LogP contribution in [0.4, 0.5) is 13.2 Å². The summed E-state index contributed by atoms with van der Waals surface area (Å²) in [7, 11) is 0. The van der Waals surface area contributed by atoms with Crippen molar-refractivity contribution in [3.05, 3.63) is 40.9 Å². The Kier molecular flexibility index (Phi) is 5.75. The molecule has 122 valence electrons. The van der Waals surface area contributed by atoms with E-state index in [1.54, 1.807) is 6.92 Å². The van der Waals surface area contributed by atoms with Gasteiger partial charge in [0.2, 0.25) is 0 Å². The van der Waals surface area contributed by atoms with E-state index in [0.29, 0.717) is 13.0 Å². The van der Waals surface area contributed by atoms with Crippen LogP contribution in [0.2, 0.25) is 0 Å².